The van der Waals surface area contributed by atoms with Crippen LogP contribution in [0.15, 0.2) is 60.0 Å². The van der Waals surface area contributed by atoms with Crippen LogP contribution in [0.1, 0.15) is 17.3 Å². The largest absolute Gasteiger partial charge is 0.348 e. The number of aromatic nitrogens is 3. The Kier molecular flexibility index (Phi) is 6.14. The van der Waals surface area contributed by atoms with Gasteiger partial charge in [-0.3, -0.25) is 14.2 Å². The minimum atomic E-state index is -4.00. The number of nitrogens with one attached hydrogen (secondary N) is 2. The second-order valence-corrected chi connectivity index (χ2v) is 8.34. The first-order valence-corrected chi connectivity index (χ1v) is 10.3. The molecule has 0 saturated heterocycles. The van der Waals surface area contributed by atoms with E-state index in [1.54, 1.807) is 11.6 Å². The zero-order valence-corrected chi connectivity index (χ0v) is 16.8. The summed E-state index contributed by atoms with van der Waals surface area (Å²) < 4.78 is 42.1. The second kappa shape index (κ2) is 8.58. The van der Waals surface area contributed by atoms with Crippen LogP contribution in [-0.4, -0.2) is 35.1 Å². The van der Waals surface area contributed by atoms with E-state index in [0.717, 1.165) is 12.1 Å². The quantitative estimate of drug-likeness (QED) is 0.591. The SMILES string of the molecule is CC(Cn1cncn1)NC(=O)c1cc(S(=O)(=O)Nc2ccc(F)cc2)ccc1Cl. The van der Waals surface area contributed by atoms with E-state index in [2.05, 4.69) is 20.1 Å². The molecule has 2 aromatic carbocycles. The molecule has 11 heteroatoms. The highest BCUT2D eigenvalue weighted by molar-refractivity contribution is 7.92. The number of carbonyl (C=O) groups excluding carboxylic acids is 1. The van der Waals surface area contributed by atoms with Crippen LogP contribution in [-0.2, 0) is 16.6 Å². The zero-order valence-electron chi connectivity index (χ0n) is 15.2. The first kappa shape index (κ1) is 20.7. The maximum atomic E-state index is 13.0. The van der Waals surface area contributed by atoms with Crippen LogP contribution in [0.3, 0.4) is 0 Å². The summed E-state index contributed by atoms with van der Waals surface area (Å²) in [4.78, 5) is 16.3. The lowest BCUT2D eigenvalue weighted by molar-refractivity contribution is 0.0936. The van der Waals surface area contributed by atoms with Gasteiger partial charge in [-0.25, -0.2) is 17.8 Å². The lowest BCUT2D eigenvalue weighted by atomic mass is 10.2. The number of carbonyl (C=O) groups is 1. The Bertz CT molecular complexity index is 1110. The van der Waals surface area contributed by atoms with Crippen molar-refractivity contribution in [2.75, 3.05) is 4.72 Å². The number of benzene rings is 2. The fourth-order valence-electron chi connectivity index (χ4n) is 2.53. The van der Waals surface area contributed by atoms with E-state index in [1.165, 1.54) is 43.0 Å². The van der Waals surface area contributed by atoms with Crippen LogP contribution in [0.2, 0.25) is 5.02 Å². The highest BCUT2D eigenvalue weighted by atomic mass is 35.5. The number of halogens is 2. The third kappa shape index (κ3) is 5.30. The van der Waals surface area contributed by atoms with E-state index in [4.69, 9.17) is 11.6 Å². The minimum Gasteiger partial charge on any atom is -0.348 e. The lowest BCUT2D eigenvalue weighted by Gasteiger charge is -2.15. The molecule has 0 radical (unpaired) electrons. The minimum absolute atomic E-state index is 0.0130. The molecule has 0 aliphatic rings. The number of hydrogen-bond acceptors (Lipinski definition) is 5. The third-order valence-corrected chi connectivity index (χ3v) is 5.60. The smallest absolute Gasteiger partial charge is 0.261 e. The van der Waals surface area contributed by atoms with Crippen molar-refractivity contribution >= 4 is 33.2 Å². The Labute approximate surface area is 171 Å². The molecule has 0 bridgehead atoms. The standard InChI is InChI=1S/C18H17ClFN5O3S/c1-12(9-25-11-21-10-22-25)23-18(26)16-8-15(6-7-17(16)19)29(27,28)24-14-4-2-13(20)3-5-14/h2-8,10-12,24H,9H2,1H3,(H,23,26). The van der Waals surface area contributed by atoms with Gasteiger partial charge in [0.15, 0.2) is 0 Å². The van der Waals surface area contributed by atoms with Crippen LogP contribution in [0.5, 0.6) is 0 Å². The molecule has 0 spiro atoms. The molecule has 1 amide bonds. The Morgan fingerprint density at radius 1 is 1.24 bits per heavy atom. The van der Waals surface area contributed by atoms with Gasteiger partial charge in [-0.1, -0.05) is 11.6 Å². The van der Waals surface area contributed by atoms with Crippen molar-refractivity contribution in [3.05, 3.63) is 71.5 Å². The molecule has 1 heterocycles. The maximum absolute atomic E-state index is 13.0. The Hall–Kier alpha value is -2.98. The summed E-state index contributed by atoms with van der Waals surface area (Å²) in [6.07, 6.45) is 2.90. The first-order chi connectivity index (χ1) is 13.7. The van der Waals surface area contributed by atoms with E-state index in [-0.39, 0.29) is 27.2 Å². The number of sulfonamides is 1. The van der Waals surface area contributed by atoms with Gasteiger partial charge in [0.05, 0.1) is 22.0 Å². The fourth-order valence-corrected chi connectivity index (χ4v) is 3.82. The topological polar surface area (TPSA) is 106 Å². The summed E-state index contributed by atoms with van der Waals surface area (Å²) in [5.74, 6) is -1.01. The normalized spacial score (nSPS) is 12.4. The number of rotatable bonds is 7. The molecule has 0 aliphatic carbocycles. The van der Waals surface area contributed by atoms with E-state index < -0.39 is 21.7 Å². The van der Waals surface area contributed by atoms with E-state index in [0.29, 0.717) is 6.54 Å². The number of nitrogens with zero attached hydrogens (tertiary/aromatic N) is 3. The maximum Gasteiger partial charge on any atom is 0.261 e. The molecule has 3 aromatic rings. The van der Waals surface area contributed by atoms with Gasteiger partial charge in [0.25, 0.3) is 15.9 Å². The summed E-state index contributed by atoms with van der Waals surface area (Å²) in [6.45, 7) is 2.15. The highest BCUT2D eigenvalue weighted by Gasteiger charge is 2.20. The summed E-state index contributed by atoms with van der Waals surface area (Å²) in [6, 6.07) is 8.35. The van der Waals surface area contributed by atoms with Crippen molar-refractivity contribution in [1.82, 2.24) is 20.1 Å². The molecule has 152 valence electrons. The van der Waals surface area contributed by atoms with Gasteiger partial charge < -0.3 is 5.32 Å². The van der Waals surface area contributed by atoms with Crippen molar-refractivity contribution in [3.63, 3.8) is 0 Å². The molecule has 29 heavy (non-hydrogen) atoms. The van der Waals surface area contributed by atoms with Crippen molar-refractivity contribution in [3.8, 4) is 0 Å². The predicted octanol–water partition coefficient (Wildman–Crippen LogP) is 2.69. The number of amides is 1. The molecule has 0 saturated carbocycles. The fraction of sp³-hybridized carbons (Fsp3) is 0.167. The Balaban J connectivity index is 1.77. The van der Waals surface area contributed by atoms with E-state index >= 15 is 0 Å². The first-order valence-electron chi connectivity index (χ1n) is 8.46. The van der Waals surface area contributed by atoms with Gasteiger partial charge in [-0.05, 0) is 49.4 Å². The van der Waals surface area contributed by atoms with Gasteiger partial charge in [0.2, 0.25) is 0 Å². The van der Waals surface area contributed by atoms with Crippen LogP contribution in [0.4, 0.5) is 10.1 Å². The van der Waals surface area contributed by atoms with Crippen LogP contribution in [0, 0.1) is 5.82 Å². The van der Waals surface area contributed by atoms with Crippen LogP contribution < -0.4 is 10.0 Å². The van der Waals surface area contributed by atoms with Crippen molar-refractivity contribution in [1.29, 1.82) is 0 Å². The van der Waals surface area contributed by atoms with Crippen molar-refractivity contribution in [2.24, 2.45) is 0 Å². The average molecular weight is 438 g/mol. The van der Waals surface area contributed by atoms with Gasteiger partial charge in [-0.2, -0.15) is 5.10 Å². The zero-order chi connectivity index (χ0) is 21.0. The van der Waals surface area contributed by atoms with Crippen molar-refractivity contribution in [2.45, 2.75) is 24.4 Å². The summed E-state index contributed by atoms with van der Waals surface area (Å²) in [5, 5.41) is 6.81. The van der Waals surface area contributed by atoms with Gasteiger partial charge >= 0.3 is 0 Å². The third-order valence-electron chi connectivity index (χ3n) is 3.89. The molecule has 8 nitrogen and oxygen atoms in total. The van der Waals surface area contributed by atoms with Crippen molar-refractivity contribution < 1.29 is 17.6 Å². The molecular weight excluding hydrogens is 421 g/mol. The second-order valence-electron chi connectivity index (χ2n) is 6.25. The highest BCUT2D eigenvalue weighted by Crippen LogP contribution is 2.23. The monoisotopic (exact) mass is 437 g/mol. The molecule has 0 aliphatic heterocycles. The Morgan fingerprint density at radius 3 is 2.62 bits per heavy atom. The number of anilines is 1. The van der Waals surface area contributed by atoms with E-state index in [1.807, 2.05) is 0 Å². The van der Waals surface area contributed by atoms with E-state index in [9.17, 15) is 17.6 Å². The molecule has 1 aromatic heterocycles. The molecular formula is C18H17ClFN5O3S. The van der Waals surface area contributed by atoms with Gasteiger partial charge in [0.1, 0.15) is 18.5 Å². The van der Waals surface area contributed by atoms with Gasteiger partial charge in [0, 0.05) is 11.7 Å². The number of hydrogen-bond donors (Lipinski definition) is 2. The van der Waals surface area contributed by atoms with Gasteiger partial charge in [-0.15, -0.1) is 0 Å². The summed E-state index contributed by atoms with van der Waals surface area (Å²) in [7, 11) is -4.00. The summed E-state index contributed by atoms with van der Waals surface area (Å²) in [5.41, 5.74) is 0.202. The van der Waals surface area contributed by atoms with Crippen LogP contribution >= 0.6 is 11.6 Å². The molecule has 1 unspecified atom stereocenters. The predicted molar refractivity (Wildman–Crippen MR) is 106 cm³/mol. The molecule has 1 atom stereocenters. The van der Waals surface area contributed by atoms with Crippen LogP contribution in [0.25, 0.3) is 0 Å². The summed E-state index contributed by atoms with van der Waals surface area (Å²) >= 11 is 6.10. The molecule has 2 N–H and O–H groups in total. The molecule has 3 rings (SSSR count). The lowest BCUT2D eigenvalue weighted by Crippen LogP contribution is -2.36. The molecule has 0 fully saturated rings. The Morgan fingerprint density at radius 2 is 1.97 bits per heavy atom. The average Bonchev–Trinajstić information content (AvgIpc) is 3.16.